The van der Waals surface area contributed by atoms with Crippen molar-refractivity contribution in [1.82, 2.24) is 10.2 Å². The molecule has 2 heterocycles. The van der Waals surface area contributed by atoms with Crippen LogP contribution in [0.2, 0.25) is 0 Å². The van der Waals surface area contributed by atoms with Crippen molar-refractivity contribution in [3.8, 4) is 0 Å². The molecule has 0 aliphatic carbocycles. The molecule has 30 heavy (non-hydrogen) atoms. The van der Waals surface area contributed by atoms with E-state index in [1.54, 1.807) is 30.0 Å². The number of benzene rings is 2. The Labute approximate surface area is 172 Å². The number of nitrogens with one attached hydrogen (secondary N) is 1. The van der Waals surface area contributed by atoms with E-state index in [9.17, 15) is 23.2 Å². The predicted molar refractivity (Wildman–Crippen MR) is 106 cm³/mol. The van der Waals surface area contributed by atoms with Gasteiger partial charge in [-0.1, -0.05) is 18.2 Å². The standard InChI is InChI=1S/C22H21F2N3O3/c1-13-4-2-5-16-20(13)27(22(30)18-6-3-9-26(18)21(16)29)12-19(28)25-11-14-7-8-15(23)10-17(14)24/h2,4-5,7-8,10,18H,3,6,9,11-12H2,1H3,(H,25,28)/t18-/m0/s1. The van der Waals surface area contributed by atoms with Crippen molar-refractivity contribution in [2.24, 2.45) is 0 Å². The average molecular weight is 413 g/mol. The fourth-order valence-electron chi connectivity index (χ4n) is 4.12. The van der Waals surface area contributed by atoms with Crippen LogP contribution in [0.25, 0.3) is 0 Å². The highest BCUT2D eigenvalue weighted by molar-refractivity contribution is 6.13. The molecule has 2 aromatic carbocycles. The first-order chi connectivity index (χ1) is 14.4. The number of hydrogen-bond donors (Lipinski definition) is 1. The van der Waals surface area contributed by atoms with Gasteiger partial charge in [-0.05, 0) is 37.5 Å². The van der Waals surface area contributed by atoms with E-state index < -0.39 is 23.6 Å². The minimum Gasteiger partial charge on any atom is -0.350 e. The molecule has 4 rings (SSSR count). The minimum absolute atomic E-state index is 0.137. The van der Waals surface area contributed by atoms with Crippen molar-refractivity contribution in [1.29, 1.82) is 0 Å². The number of rotatable bonds is 4. The van der Waals surface area contributed by atoms with E-state index in [2.05, 4.69) is 5.32 Å². The quantitative estimate of drug-likeness (QED) is 0.838. The number of halogens is 2. The molecule has 156 valence electrons. The molecule has 2 aromatic rings. The third kappa shape index (κ3) is 3.53. The Kier molecular flexibility index (Phi) is 5.24. The number of fused-ring (bicyclic) bond motifs is 2. The van der Waals surface area contributed by atoms with Gasteiger partial charge in [0.1, 0.15) is 24.2 Å². The number of carbonyl (C=O) groups excluding carboxylic acids is 3. The molecule has 1 N–H and O–H groups in total. The molecule has 2 aliphatic heterocycles. The van der Waals surface area contributed by atoms with Crippen LogP contribution in [0, 0.1) is 18.6 Å². The number of carbonyl (C=O) groups is 3. The molecule has 0 spiro atoms. The summed E-state index contributed by atoms with van der Waals surface area (Å²) >= 11 is 0. The molecular weight excluding hydrogens is 392 g/mol. The van der Waals surface area contributed by atoms with Gasteiger partial charge < -0.3 is 15.1 Å². The molecule has 1 saturated heterocycles. The van der Waals surface area contributed by atoms with E-state index in [1.807, 2.05) is 0 Å². The maximum absolute atomic E-state index is 13.8. The lowest BCUT2D eigenvalue weighted by atomic mass is 10.1. The van der Waals surface area contributed by atoms with E-state index in [0.717, 1.165) is 18.6 Å². The number of amides is 3. The van der Waals surface area contributed by atoms with Gasteiger partial charge in [-0.15, -0.1) is 0 Å². The topological polar surface area (TPSA) is 69.7 Å². The second-order valence-corrected chi connectivity index (χ2v) is 7.56. The number of anilines is 1. The van der Waals surface area contributed by atoms with Gasteiger partial charge >= 0.3 is 0 Å². The van der Waals surface area contributed by atoms with Crippen LogP contribution in [-0.4, -0.2) is 41.8 Å². The first-order valence-electron chi connectivity index (χ1n) is 9.79. The van der Waals surface area contributed by atoms with Gasteiger partial charge in [0.2, 0.25) is 11.8 Å². The highest BCUT2D eigenvalue weighted by atomic mass is 19.1. The van der Waals surface area contributed by atoms with Crippen LogP contribution < -0.4 is 10.2 Å². The normalized spacial score (nSPS) is 18.2. The van der Waals surface area contributed by atoms with Gasteiger partial charge in [-0.2, -0.15) is 0 Å². The fraction of sp³-hybridized carbons (Fsp3) is 0.318. The Bertz CT molecular complexity index is 1040. The van der Waals surface area contributed by atoms with Crippen molar-refractivity contribution in [2.75, 3.05) is 18.0 Å². The predicted octanol–water partition coefficient (Wildman–Crippen LogP) is 2.54. The minimum atomic E-state index is -0.755. The van der Waals surface area contributed by atoms with Gasteiger partial charge in [-0.3, -0.25) is 14.4 Å². The molecule has 1 fully saturated rings. The summed E-state index contributed by atoms with van der Waals surface area (Å²) in [6, 6.07) is 7.74. The Hall–Kier alpha value is -3.29. The van der Waals surface area contributed by atoms with Crippen molar-refractivity contribution in [3.05, 3.63) is 64.7 Å². The first kappa shape index (κ1) is 20.0. The number of para-hydroxylation sites is 1. The summed E-state index contributed by atoms with van der Waals surface area (Å²) in [6.07, 6.45) is 1.28. The van der Waals surface area contributed by atoms with Crippen LogP contribution in [0.15, 0.2) is 36.4 Å². The molecule has 0 bridgehead atoms. The molecule has 8 heteroatoms. The summed E-state index contributed by atoms with van der Waals surface area (Å²) in [4.78, 5) is 41.8. The van der Waals surface area contributed by atoms with Crippen LogP contribution in [0.5, 0.6) is 0 Å². The molecule has 1 atom stereocenters. The van der Waals surface area contributed by atoms with Crippen LogP contribution in [0.4, 0.5) is 14.5 Å². The van der Waals surface area contributed by atoms with Crippen LogP contribution in [0.3, 0.4) is 0 Å². The van der Waals surface area contributed by atoms with Gasteiger partial charge in [0.15, 0.2) is 0 Å². The maximum Gasteiger partial charge on any atom is 0.256 e. The van der Waals surface area contributed by atoms with Gasteiger partial charge in [0.25, 0.3) is 5.91 Å². The Balaban J connectivity index is 1.59. The highest BCUT2D eigenvalue weighted by Crippen LogP contribution is 2.34. The summed E-state index contributed by atoms with van der Waals surface area (Å²) < 4.78 is 26.9. The third-order valence-electron chi connectivity index (χ3n) is 5.60. The lowest BCUT2D eigenvalue weighted by molar-refractivity contribution is -0.125. The zero-order valence-electron chi connectivity index (χ0n) is 16.5. The fourth-order valence-corrected chi connectivity index (χ4v) is 4.12. The molecule has 3 amide bonds. The van der Waals surface area contributed by atoms with Crippen LogP contribution in [0.1, 0.15) is 34.3 Å². The largest absolute Gasteiger partial charge is 0.350 e. The van der Waals surface area contributed by atoms with Crippen molar-refractivity contribution in [2.45, 2.75) is 32.4 Å². The third-order valence-corrected chi connectivity index (χ3v) is 5.60. The first-order valence-corrected chi connectivity index (χ1v) is 9.79. The monoisotopic (exact) mass is 413 g/mol. The SMILES string of the molecule is Cc1cccc2c1N(CC(=O)NCc1ccc(F)cc1F)C(=O)[C@@H]1CCCN1C2=O. The Morgan fingerprint density at radius 1 is 1.20 bits per heavy atom. The van der Waals surface area contributed by atoms with Gasteiger partial charge in [0.05, 0.1) is 11.3 Å². The van der Waals surface area contributed by atoms with E-state index in [1.165, 1.54) is 11.0 Å². The molecular formula is C22H21F2N3O3. The lowest BCUT2D eigenvalue weighted by Gasteiger charge is -2.26. The van der Waals surface area contributed by atoms with E-state index in [-0.39, 0.29) is 30.5 Å². The van der Waals surface area contributed by atoms with Crippen molar-refractivity contribution < 1.29 is 23.2 Å². The zero-order valence-corrected chi connectivity index (χ0v) is 16.5. The molecule has 0 radical (unpaired) electrons. The average Bonchev–Trinajstić information content (AvgIpc) is 3.17. The van der Waals surface area contributed by atoms with E-state index in [4.69, 9.17) is 0 Å². The summed E-state index contributed by atoms with van der Waals surface area (Å²) in [5, 5.41) is 2.57. The number of hydrogen-bond acceptors (Lipinski definition) is 3. The van der Waals surface area contributed by atoms with Crippen LogP contribution in [-0.2, 0) is 16.1 Å². The summed E-state index contributed by atoms with van der Waals surface area (Å²) in [6.45, 7) is 1.86. The maximum atomic E-state index is 13.8. The second kappa shape index (κ2) is 7.85. The second-order valence-electron chi connectivity index (χ2n) is 7.56. The Morgan fingerprint density at radius 2 is 2.00 bits per heavy atom. The molecule has 0 unspecified atom stereocenters. The number of nitrogens with zero attached hydrogens (tertiary/aromatic N) is 2. The molecule has 6 nitrogen and oxygen atoms in total. The highest BCUT2D eigenvalue weighted by Gasteiger charge is 2.42. The Morgan fingerprint density at radius 3 is 2.77 bits per heavy atom. The summed E-state index contributed by atoms with van der Waals surface area (Å²) in [5.41, 5.74) is 1.68. The van der Waals surface area contributed by atoms with Gasteiger partial charge in [-0.25, -0.2) is 8.78 Å². The zero-order chi connectivity index (χ0) is 21.4. The van der Waals surface area contributed by atoms with E-state index in [0.29, 0.717) is 29.8 Å². The van der Waals surface area contributed by atoms with Crippen LogP contribution >= 0.6 is 0 Å². The molecule has 2 aliphatic rings. The smallest absolute Gasteiger partial charge is 0.256 e. The van der Waals surface area contributed by atoms with Crippen molar-refractivity contribution in [3.63, 3.8) is 0 Å². The van der Waals surface area contributed by atoms with Gasteiger partial charge in [0, 0.05) is 24.7 Å². The lowest BCUT2D eigenvalue weighted by Crippen LogP contribution is -2.48. The summed E-state index contributed by atoms with van der Waals surface area (Å²) in [5.74, 6) is -2.46. The number of aryl methyl sites for hydroxylation is 1. The molecule has 0 aromatic heterocycles. The summed E-state index contributed by atoms with van der Waals surface area (Å²) in [7, 11) is 0. The van der Waals surface area contributed by atoms with E-state index >= 15 is 0 Å². The van der Waals surface area contributed by atoms with Crippen molar-refractivity contribution >= 4 is 23.4 Å². The molecule has 0 saturated carbocycles.